The minimum absolute atomic E-state index is 0.0226. The SMILES string of the molecule is COC[C@@H](C)Oc1nc(-c2cc(F)cc(OCC(C)C)c2)ccc1C(=O)NS(=O)(=O)c1cccc(N)n1. The molecule has 0 aliphatic carbocycles. The highest BCUT2D eigenvalue weighted by molar-refractivity contribution is 7.90. The van der Waals surface area contributed by atoms with Crippen molar-refractivity contribution < 1.29 is 31.8 Å². The molecule has 0 fully saturated rings. The van der Waals surface area contributed by atoms with Gasteiger partial charge in [0.2, 0.25) is 5.88 Å². The maximum absolute atomic E-state index is 14.3. The van der Waals surface area contributed by atoms with Gasteiger partial charge in [-0.2, -0.15) is 8.42 Å². The molecule has 0 radical (unpaired) electrons. The highest BCUT2D eigenvalue weighted by Crippen LogP contribution is 2.28. The molecule has 2 heterocycles. The summed E-state index contributed by atoms with van der Waals surface area (Å²) in [5.74, 6) is -1.15. The Bertz CT molecular complexity index is 1370. The van der Waals surface area contributed by atoms with Crippen LogP contribution < -0.4 is 19.9 Å². The fourth-order valence-corrected chi connectivity index (χ4v) is 4.13. The number of ether oxygens (including phenoxy) is 3. The predicted octanol–water partition coefficient (Wildman–Crippen LogP) is 3.43. The van der Waals surface area contributed by atoms with E-state index in [1.54, 1.807) is 13.0 Å². The smallest absolute Gasteiger partial charge is 0.281 e. The van der Waals surface area contributed by atoms with Crippen molar-refractivity contribution in [3.05, 3.63) is 59.9 Å². The van der Waals surface area contributed by atoms with Crippen molar-refractivity contribution in [1.82, 2.24) is 14.7 Å². The van der Waals surface area contributed by atoms with E-state index in [2.05, 4.69) is 9.97 Å². The van der Waals surface area contributed by atoms with Crippen LogP contribution >= 0.6 is 0 Å². The standard InChI is InChI=1S/C25H29FN4O6S/c1-15(2)13-35-19-11-17(10-18(26)12-19)21-9-8-20(25(28-21)36-16(3)14-34-4)24(31)30-37(32,33)23-7-5-6-22(27)29-23/h5-12,15-16H,13-14H2,1-4H3,(H2,27,29)(H,30,31)/t16-/m1/s1. The van der Waals surface area contributed by atoms with Gasteiger partial charge in [0.15, 0.2) is 5.03 Å². The van der Waals surface area contributed by atoms with Gasteiger partial charge in [0, 0.05) is 18.7 Å². The number of halogens is 1. The van der Waals surface area contributed by atoms with Gasteiger partial charge in [0.1, 0.15) is 29.1 Å². The van der Waals surface area contributed by atoms with E-state index in [1.807, 2.05) is 18.6 Å². The van der Waals surface area contributed by atoms with Crippen molar-refractivity contribution in [3.63, 3.8) is 0 Å². The Labute approximate surface area is 215 Å². The van der Waals surface area contributed by atoms with Gasteiger partial charge in [0.25, 0.3) is 15.9 Å². The summed E-state index contributed by atoms with van der Waals surface area (Å²) >= 11 is 0. The molecule has 0 aliphatic heterocycles. The van der Waals surface area contributed by atoms with Crippen LogP contribution in [0.4, 0.5) is 10.2 Å². The van der Waals surface area contributed by atoms with Gasteiger partial charge in [-0.05, 0) is 49.2 Å². The minimum Gasteiger partial charge on any atom is -0.493 e. The Morgan fingerprint density at radius 1 is 1.08 bits per heavy atom. The Balaban J connectivity index is 1.98. The Morgan fingerprint density at radius 3 is 2.51 bits per heavy atom. The van der Waals surface area contributed by atoms with Crippen LogP contribution in [0.3, 0.4) is 0 Å². The molecule has 10 nitrogen and oxygen atoms in total. The summed E-state index contributed by atoms with van der Waals surface area (Å²) in [6.45, 7) is 6.20. The van der Waals surface area contributed by atoms with Crippen molar-refractivity contribution >= 4 is 21.7 Å². The van der Waals surface area contributed by atoms with Crippen LogP contribution in [0, 0.1) is 11.7 Å². The van der Waals surface area contributed by atoms with Crippen molar-refractivity contribution in [2.24, 2.45) is 5.92 Å². The van der Waals surface area contributed by atoms with Crippen molar-refractivity contribution in [3.8, 4) is 22.9 Å². The van der Waals surface area contributed by atoms with E-state index < -0.39 is 32.9 Å². The predicted molar refractivity (Wildman–Crippen MR) is 135 cm³/mol. The maximum Gasteiger partial charge on any atom is 0.281 e. The third-order valence-corrected chi connectivity index (χ3v) is 6.05. The summed E-state index contributed by atoms with van der Waals surface area (Å²) in [4.78, 5) is 21.1. The number of carbonyl (C=O) groups excluding carboxylic acids is 1. The van der Waals surface area contributed by atoms with E-state index in [0.717, 1.165) is 0 Å². The topological polar surface area (TPSA) is 143 Å². The van der Waals surface area contributed by atoms with Gasteiger partial charge in [-0.25, -0.2) is 19.1 Å². The Kier molecular flexibility index (Phi) is 9.00. The van der Waals surface area contributed by atoms with Crippen LogP contribution in [0.2, 0.25) is 0 Å². The number of nitrogens with one attached hydrogen (secondary N) is 1. The lowest BCUT2D eigenvalue weighted by Gasteiger charge is -2.17. The van der Waals surface area contributed by atoms with Gasteiger partial charge in [0.05, 0.1) is 18.9 Å². The van der Waals surface area contributed by atoms with E-state index in [4.69, 9.17) is 19.9 Å². The number of amides is 1. The quantitative estimate of drug-likeness (QED) is 0.380. The van der Waals surface area contributed by atoms with Crippen LogP contribution in [-0.2, 0) is 14.8 Å². The van der Waals surface area contributed by atoms with Gasteiger partial charge >= 0.3 is 0 Å². The zero-order valence-electron chi connectivity index (χ0n) is 20.9. The fourth-order valence-electron chi connectivity index (χ4n) is 3.19. The highest BCUT2D eigenvalue weighted by Gasteiger charge is 2.25. The minimum atomic E-state index is -4.34. The molecule has 1 atom stereocenters. The second-order valence-electron chi connectivity index (χ2n) is 8.65. The monoisotopic (exact) mass is 532 g/mol. The van der Waals surface area contributed by atoms with E-state index in [9.17, 15) is 17.6 Å². The van der Waals surface area contributed by atoms with Crippen molar-refractivity contribution in [1.29, 1.82) is 0 Å². The molecule has 198 valence electrons. The molecule has 0 spiro atoms. The summed E-state index contributed by atoms with van der Waals surface area (Å²) in [5, 5.41) is -0.422. The molecule has 0 bridgehead atoms. The zero-order valence-corrected chi connectivity index (χ0v) is 21.7. The van der Waals surface area contributed by atoms with Crippen LogP contribution in [0.1, 0.15) is 31.1 Å². The first-order valence-electron chi connectivity index (χ1n) is 11.4. The molecule has 1 aromatic carbocycles. The molecule has 12 heteroatoms. The Morgan fingerprint density at radius 2 is 1.84 bits per heavy atom. The number of anilines is 1. The third-order valence-electron chi connectivity index (χ3n) is 4.82. The number of aromatic nitrogens is 2. The number of hydrogen-bond donors (Lipinski definition) is 2. The largest absolute Gasteiger partial charge is 0.493 e. The van der Waals surface area contributed by atoms with E-state index in [-0.39, 0.29) is 35.5 Å². The Hall–Kier alpha value is -3.77. The second-order valence-corrected chi connectivity index (χ2v) is 10.3. The maximum atomic E-state index is 14.3. The number of nitrogen functional groups attached to an aromatic ring is 1. The molecule has 3 N–H and O–H groups in total. The second kappa shape index (κ2) is 12.0. The lowest BCUT2D eigenvalue weighted by atomic mass is 10.1. The van der Waals surface area contributed by atoms with Crippen molar-refractivity contribution in [2.75, 3.05) is 26.1 Å². The number of methoxy groups -OCH3 is 1. The third kappa shape index (κ3) is 7.61. The molecular weight excluding hydrogens is 503 g/mol. The van der Waals surface area contributed by atoms with E-state index >= 15 is 0 Å². The molecular formula is C25H29FN4O6S. The highest BCUT2D eigenvalue weighted by atomic mass is 32.2. The van der Waals surface area contributed by atoms with E-state index in [0.29, 0.717) is 17.9 Å². The van der Waals surface area contributed by atoms with Gasteiger partial charge < -0.3 is 19.9 Å². The van der Waals surface area contributed by atoms with E-state index in [1.165, 1.54) is 49.6 Å². The summed E-state index contributed by atoms with van der Waals surface area (Å²) in [5.41, 5.74) is 6.07. The number of benzene rings is 1. The number of rotatable bonds is 11. The molecule has 1 amide bonds. The molecule has 0 saturated heterocycles. The summed E-state index contributed by atoms with van der Waals surface area (Å²) in [7, 11) is -2.86. The summed E-state index contributed by atoms with van der Waals surface area (Å²) in [6, 6.07) is 11.0. The first-order chi connectivity index (χ1) is 17.5. The van der Waals surface area contributed by atoms with Crippen LogP contribution in [0.5, 0.6) is 11.6 Å². The molecule has 3 rings (SSSR count). The number of hydrogen-bond acceptors (Lipinski definition) is 9. The molecule has 37 heavy (non-hydrogen) atoms. The molecule has 0 saturated carbocycles. The van der Waals surface area contributed by atoms with Crippen LogP contribution in [-0.4, -0.2) is 50.7 Å². The number of pyridine rings is 2. The molecule has 0 aliphatic rings. The number of sulfonamides is 1. The molecule has 3 aromatic rings. The lowest BCUT2D eigenvalue weighted by molar-refractivity contribution is 0.0855. The zero-order chi connectivity index (χ0) is 27.2. The first kappa shape index (κ1) is 27.8. The normalized spacial score (nSPS) is 12.3. The van der Waals surface area contributed by atoms with Gasteiger partial charge in [-0.1, -0.05) is 19.9 Å². The van der Waals surface area contributed by atoms with Crippen molar-refractivity contribution in [2.45, 2.75) is 31.9 Å². The number of nitrogens with two attached hydrogens (primary N) is 1. The number of carbonyl (C=O) groups is 1. The van der Waals surface area contributed by atoms with Gasteiger partial charge in [-0.15, -0.1) is 0 Å². The summed E-state index contributed by atoms with van der Waals surface area (Å²) < 4.78 is 58.2. The summed E-state index contributed by atoms with van der Waals surface area (Å²) in [6.07, 6.45) is -0.538. The van der Waals surface area contributed by atoms with Crippen LogP contribution in [0.25, 0.3) is 11.3 Å². The average Bonchev–Trinajstić information content (AvgIpc) is 2.82. The first-order valence-corrected chi connectivity index (χ1v) is 12.9. The average molecular weight is 533 g/mol. The van der Waals surface area contributed by atoms with Crippen LogP contribution in [0.15, 0.2) is 53.6 Å². The van der Waals surface area contributed by atoms with Gasteiger partial charge in [-0.3, -0.25) is 4.79 Å². The fraction of sp³-hybridized carbons (Fsp3) is 0.320. The lowest BCUT2D eigenvalue weighted by Crippen LogP contribution is -2.32. The molecule has 0 unspecified atom stereocenters. The number of nitrogens with zero attached hydrogens (tertiary/aromatic N) is 2. The molecule has 2 aromatic heterocycles.